The van der Waals surface area contributed by atoms with E-state index in [1.165, 1.54) is 12.1 Å². The molecule has 0 fully saturated rings. The average molecular weight is 248 g/mol. The van der Waals surface area contributed by atoms with E-state index >= 15 is 0 Å². The zero-order valence-corrected chi connectivity index (χ0v) is 9.39. The van der Waals surface area contributed by atoms with Gasteiger partial charge >= 0.3 is 0 Å². The van der Waals surface area contributed by atoms with Gasteiger partial charge in [0.2, 0.25) is 0 Å². The van der Waals surface area contributed by atoms with Gasteiger partial charge in [-0.1, -0.05) is 23.7 Å². The Morgan fingerprint density at radius 2 is 2.06 bits per heavy atom. The SMILES string of the molecule is Fc1cccc(-c2cnc3ccc(Cl)nn23)c1. The topological polar surface area (TPSA) is 30.2 Å². The van der Waals surface area contributed by atoms with Crippen molar-refractivity contribution in [2.75, 3.05) is 0 Å². The Morgan fingerprint density at radius 3 is 2.88 bits per heavy atom. The lowest BCUT2D eigenvalue weighted by molar-refractivity contribution is 0.628. The molecule has 2 aromatic heterocycles. The normalized spacial score (nSPS) is 10.9. The number of aromatic nitrogens is 3. The molecule has 3 nitrogen and oxygen atoms in total. The molecule has 0 spiro atoms. The molecule has 0 aliphatic carbocycles. The highest BCUT2D eigenvalue weighted by Gasteiger charge is 2.07. The Balaban J connectivity index is 2.27. The number of imidazole rings is 1. The first-order chi connectivity index (χ1) is 8.24. The number of hydrogen-bond acceptors (Lipinski definition) is 2. The highest BCUT2D eigenvalue weighted by Crippen LogP contribution is 2.21. The fraction of sp³-hybridized carbons (Fsp3) is 0. The van der Waals surface area contributed by atoms with Crippen LogP contribution in [-0.4, -0.2) is 14.6 Å². The Morgan fingerprint density at radius 1 is 1.18 bits per heavy atom. The minimum absolute atomic E-state index is 0.292. The van der Waals surface area contributed by atoms with Crippen molar-refractivity contribution in [2.45, 2.75) is 0 Å². The molecule has 17 heavy (non-hydrogen) atoms. The smallest absolute Gasteiger partial charge is 0.154 e. The molecular formula is C12H7ClFN3. The second-order valence-electron chi connectivity index (χ2n) is 3.58. The second kappa shape index (κ2) is 3.82. The van der Waals surface area contributed by atoms with Crippen LogP contribution < -0.4 is 0 Å². The van der Waals surface area contributed by atoms with Crippen molar-refractivity contribution < 1.29 is 4.39 Å². The van der Waals surface area contributed by atoms with Crippen LogP contribution >= 0.6 is 11.6 Å². The van der Waals surface area contributed by atoms with Crippen LogP contribution in [0.4, 0.5) is 4.39 Å². The summed E-state index contributed by atoms with van der Waals surface area (Å²) in [4.78, 5) is 4.19. The van der Waals surface area contributed by atoms with Gasteiger partial charge in [-0.15, -0.1) is 0 Å². The second-order valence-corrected chi connectivity index (χ2v) is 3.97. The summed E-state index contributed by atoms with van der Waals surface area (Å²) in [6, 6.07) is 9.71. The van der Waals surface area contributed by atoms with E-state index in [1.54, 1.807) is 35.0 Å². The summed E-state index contributed by atoms with van der Waals surface area (Å²) in [6.45, 7) is 0. The Hall–Kier alpha value is -1.94. The molecule has 0 amide bonds. The van der Waals surface area contributed by atoms with Gasteiger partial charge in [-0.05, 0) is 24.3 Å². The van der Waals surface area contributed by atoms with Crippen LogP contribution in [0.2, 0.25) is 5.15 Å². The summed E-state index contributed by atoms with van der Waals surface area (Å²) in [6.07, 6.45) is 1.65. The van der Waals surface area contributed by atoms with E-state index in [2.05, 4.69) is 10.1 Å². The highest BCUT2D eigenvalue weighted by molar-refractivity contribution is 6.29. The first-order valence-corrected chi connectivity index (χ1v) is 5.38. The monoisotopic (exact) mass is 247 g/mol. The molecule has 1 aromatic carbocycles. The number of benzene rings is 1. The third kappa shape index (κ3) is 1.76. The fourth-order valence-corrected chi connectivity index (χ4v) is 1.83. The van der Waals surface area contributed by atoms with Crippen molar-refractivity contribution >= 4 is 17.2 Å². The van der Waals surface area contributed by atoms with Gasteiger partial charge in [-0.2, -0.15) is 5.10 Å². The predicted octanol–water partition coefficient (Wildman–Crippen LogP) is 3.19. The lowest BCUT2D eigenvalue weighted by Crippen LogP contribution is -1.94. The third-order valence-corrected chi connectivity index (χ3v) is 2.65. The molecule has 0 radical (unpaired) electrons. The van der Waals surface area contributed by atoms with E-state index in [9.17, 15) is 4.39 Å². The number of halogens is 2. The summed E-state index contributed by atoms with van der Waals surface area (Å²) in [5, 5.41) is 4.51. The molecule has 0 saturated heterocycles. The van der Waals surface area contributed by atoms with Gasteiger partial charge in [0.05, 0.1) is 11.9 Å². The third-order valence-electron chi connectivity index (χ3n) is 2.45. The molecule has 3 rings (SSSR count). The maximum atomic E-state index is 13.2. The summed E-state index contributed by atoms with van der Waals surface area (Å²) in [5.74, 6) is -0.292. The standard InChI is InChI=1S/C12H7ClFN3/c13-11-4-5-12-15-7-10(17(12)16-11)8-2-1-3-9(14)6-8/h1-7H. The first kappa shape index (κ1) is 10.2. The maximum Gasteiger partial charge on any atom is 0.154 e. The van der Waals surface area contributed by atoms with E-state index in [-0.39, 0.29) is 5.82 Å². The van der Waals surface area contributed by atoms with E-state index in [0.717, 1.165) is 0 Å². The van der Waals surface area contributed by atoms with Gasteiger partial charge in [0.25, 0.3) is 0 Å². The van der Waals surface area contributed by atoms with Gasteiger partial charge in [0.15, 0.2) is 5.65 Å². The summed E-state index contributed by atoms with van der Waals surface area (Å²) in [7, 11) is 0. The van der Waals surface area contributed by atoms with Gasteiger partial charge in [0.1, 0.15) is 11.0 Å². The fourth-order valence-electron chi connectivity index (χ4n) is 1.70. The van der Waals surface area contributed by atoms with Crippen LogP contribution in [0.3, 0.4) is 0 Å². The van der Waals surface area contributed by atoms with Crippen LogP contribution in [0.15, 0.2) is 42.6 Å². The van der Waals surface area contributed by atoms with Crippen LogP contribution in [0.5, 0.6) is 0 Å². The molecule has 0 N–H and O–H groups in total. The van der Waals surface area contributed by atoms with Crippen molar-refractivity contribution in [3.63, 3.8) is 0 Å². The molecule has 5 heteroatoms. The van der Waals surface area contributed by atoms with Crippen molar-refractivity contribution in [1.29, 1.82) is 0 Å². The molecule has 2 heterocycles. The molecule has 0 saturated carbocycles. The number of rotatable bonds is 1. The molecule has 0 unspecified atom stereocenters. The quantitative estimate of drug-likeness (QED) is 0.661. The van der Waals surface area contributed by atoms with E-state index in [1.807, 2.05) is 0 Å². The van der Waals surface area contributed by atoms with Crippen molar-refractivity contribution in [1.82, 2.24) is 14.6 Å². The predicted molar refractivity (Wildman–Crippen MR) is 63.4 cm³/mol. The summed E-state index contributed by atoms with van der Waals surface area (Å²) in [5.41, 5.74) is 2.10. The zero-order valence-electron chi connectivity index (χ0n) is 8.64. The Labute approximate surface area is 101 Å². The lowest BCUT2D eigenvalue weighted by Gasteiger charge is -2.01. The van der Waals surface area contributed by atoms with Crippen molar-refractivity contribution in [2.24, 2.45) is 0 Å². The Bertz CT molecular complexity index is 693. The minimum atomic E-state index is -0.292. The molecule has 84 valence electrons. The van der Waals surface area contributed by atoms with Crippen LogP contribution in [0.1, 0.15) is 0 Å². The lowest BCUT2D eigenvalue weighted by atomic mass is 10.2. The highest BCUT2D eigenvalue weighted by atomic mass is 35.5. The molecule has 0 aliphatic rings. The molecule has 0 atom stereocenters. The maximum absolute atomic E-state index is 13.2. The van der Waals surface area contributed by atoms with E-state index in [4.69, 9.17) is 11.6 Å². The van der Waals surface area contributed by atoms with Gasteiger partial charge in [-0.25, -0.2) is 13.9 Å². The van der Waals surface area contributed by atoms with E-state index in [0.29, 0.717) is 22.1 Å². The average Bonchev–Trinajstić information content (AvgIpc) is 2.71. The van der Waals surface area contributed by atoms with Gasteiger partial charge in [0, 0.05) is 5.56 Å². The largest absolute Gasteiger partial charge is 0.235 e. The van der Waals surface area contributed by atoms with Crippen LogP contribution in [0, 0.1) is 5.82 Å². The minimum Gasteiger partial charge on any atom is -0.235 e. The van der Waals surface area contributed by atoms with Crippen LogP contribution in [0.25, 0.3) is 16.9 Å². The molecular weight excluding hydrogens is 241 g/mol. The summed E-state index contributed by atoms with van der Waals surface area (Å²) < 4.78 is 14.8. The zero-order chi connectivity index (χ0) is 11.8. The van der Waals surface area contributed by atoms with Crippen molar-refractivity contribution in [3.05, 3.63) is 53.6 Å². The Kier molecular flexibility index (Phi) is 2.30. The molecule has 3 aromatic rings. The number of fused-ring (bicyclic) bond motifs is 1. The van der Waals surface area contributed by atoms with Crippen LogP contribution in [-0.2, 0) is 0 Å². The first-order valence-electron chi connectivity index (χ1n) is 5.00. The number of hydrogen-bond donors (Lipinski definition) is 0. The number of nitrogens with zero attached hydrogens (tertiary/aromatic N) is 3. The van der Waals surface area contributed by atoms with Gasteiger partial charge < -0.3 is 0 Å². The summed E-state index contributed by atoms with van der Waals surface area (Å²) >= 11 is 5.83. The van der Waals surface area contributed by atoms with E-state index < -0.39 is 0 Å². The van der Waals surface area contributed by atoms with Crippen molar-refractivity contribution in [3.8, 4) is 11.3 Å². The molecule has 0 aliphatic heterocycles. The van der Waals surface area contributed by atoms with Gasteiger partial charge in [-0.3, -0.25) is 0 Å². The molecule has 0 bridgehead atoms.